The minimum atomic E-state index is -1.35. The normalized spacial score (nSPS) is 10.9. The van der Waals surface area contributed by atoms with Crippen LogP contribution < -0.4 is 15.4 Å². The van der Waals surface area contributed by atoms with Crippen molar-refractivity contribution in [1.29, 1.82) is 0 Å². The number of ether oxygens (including phenoxy) is 1. The van der Waals surface area contributed by atoms with Gasteiger partial charge >= 0.3 is 0 Å². The minimum Gasteiger partial charge on any atom is -0.495 e. The lowest BCUT2D eigenvalue weighted by molar-refractivity contribution is -0.135. The highest BCUT2D eigenvalue weighted by Crippen LogP contribution is 2.28. The molecule has 0 unspecified atom stereocenters. The van der Waals surface area contributed by atoms with Gasteiger partial charge in [-0.15, -0.1) is 0 Å². The van der Waals surface area contributed by atoms with E-state index in [9.17, 15) is 14.4 Å². The zero-order valence-electron chi connectivity index (χ0n) is 16.2. The first-order chi connectivity index (χ1) is 12.6. The summed E-state index contributed by atoms with van der Waals surface area (Å²) >= 11 is 0. The zero-order chi connectivity index (χ0) is 20.2. The Kier molecular flexibility index (Phi) is 6.00. The average molecular weight is 368 g/mol. The maximum absolute atomic E-state index is 12.7. The van der Waals surface area contributed by atoms with Gasteiger partial charge in [0.25, 0.3) is 0 Å². The second-order valence-corrected chi connectivity index (χ2v) is 6.87. The Labute approximate surface area is 158 Å². The van der Waals surface area contributed by atoms with Gasteiger partial charge in [0.1, 0.15) is 11.2 Å². The van der Waals surface area contributed by atoms with Crippen molar-refractivity contribution >= 4 is 29.0 Å². The van der Waals surface area contributed by atoms with Crippen molar-refractivity contribution in [2.24, 2.45) is 5.41 Å². The minimum absolute atomic E-state index is 0.102. The summed E-state index contributed by atoms with van der Waals surface area (Å²) in [6.07, 6.45) is 0. The monoisotopic (exact) mass is 368 g/mol. The Balaban J connectivity index is 2.18. The molecule has 0 aromatic heterocycles. The number of rotatable bonds is 6. The van der Waals surface area contributed by atoms with Crippen molar-refractivity contribution in [2.45, 2.75) is 27.7 Å². The largest absolute Gasteiger partial charge is 0.495 e. The third-order valence-corrected chi connectivity index (χ3v) is 4.27. The second-order valence-electron chi connectivity index (χ2n) is 6.87. The van der Waals surface area contributed by atoms with Crippen molar-refractivity contribution < 1.29 is 19.1 Å². The third-order valence-electron chi connectivity index (χ3n) is 4.27. The molecule has 2 aromatic rings. The van der Waals surface area contributed by atoms with Gasteiger partial charge in [-0.1, -0.05) is 18.2 Å². The smallest absolute Gasteiger partial charge is 0.239 e. The summed E-state index contributed by atoms with van der Waals surface area (Å²) in [6, 6.07) is 12.0. The topological polar surface area (TPSA) is 84.5 Å². The van der Waals surface area contributed by atoms with Gasteiger partial charge < -0.3 is 15.4 Å². The summed E-state index contributed by atoms with van der Waals surface area (Å²) in [4.78, 5) is 36.9. The summed E-state index contributed by atoms with van der Waals surface area (Å²) in [6.45, 7) is 6.42. The molecule has 0 spiro atoms. The number of anilines is 2. The Bertz CT molecular complexity index is 888. The summed E-state index contributed by atoms with van der Waals surface area (Å²) in [5.41, 5.74) is 1.05. The van der Waals surface area contributed by atoms with E-state index < -0.39 is 17.2 Å². The third kappa shape index (κ3) is 4.73. The average Bonchev–Trinajstić information content (AvgIpc) is 2.62. The molecule has 0 saturated heterocycles. The van der Waals surface area contributed by atoms with Crippen LogP contribution in [0.3, 0.4) is 0 Å². The molecule has 0 aliphatic heterocycles. The SMILES string of the molecule is COc1ccc(C)cc1NC(=O)C(C)(C)C(=O)Nc1cccc(C(C)=O)c1. The van der Waals surface area contributed by atoms with Gasteiger partial charge in [0.15, 0.2) is 5.78 Å². The highest BCUT2D eigenvalue weighted by molar-refractivity contribution is 6.14. The molecule has 0 fully saturated rings. The van der Waals surface area contributed by atoms with Crippen LogP contribution in [-0.2, 0) is 9.59 Å². The standard InChI is InChI=1S/C21H24N2O4/c1-13-9-10-18(27-5)17(11-13)23-20(26)21(3,4)19(25)22-16-8-6-7-15(12-16)14(2)24/h6-12H,1-5H3,(H,22,25)(H,23,26). The summed E-state index contributed by atoms with van der Waals surface area (Å²) in [5.74, 6) is -0.534. The van der Waals surface area contributed by atoms with E-state index in [-0.39, 0.29) is 5.78 Å². The predicted molar refractivity (Wildman–Crippen MR) is 105 cm³/mol. The number of methoxy groups -OCH3 is 1. The van der Waals surface area contributed by atoms with Crippen molar-refractivity contribution in [3.05, 3.63) is 53.6 Å². The van der Waals surface area contributed by atoms with Gasteiger partial charge in [-0.25, -0.2) is 0 Å². The number of hydrogen-bond donors (Lipinski definition) is 2. The number of carbonyl (C=O) groups excluding carboxylic acids is 3. The van der Waals surface area contributed by atoms with Crippen molar-refractivity contribution in [3.8, 4) is 5.75 Å². The van der Waals surface area contributed by atoms with Gasteiger partial charge in [0, 0.05) is 11.3 Å². The fourth-order valence-corrected chi connectivity index (χ4v) is 2.40. The molecule has 142 valence electrons. The van der Waals surface area contributed by atoms with E-state index in [1.54, 1.807) is 36.4 Å². The van der Waals surface area contributed by atoms with Gasteiger partial charge in [0.05, 0.1) is 12.8 Å². The Morgan fingerprint density at radius 3 is 2.26 bits per heavy atom. The molecule has 0 bridgehead atoms. The summed E-state index contributed by atoms with van der Waals surface area (Å²) < 4.78 is 5.26. The molecule has 0 aliphatic carbocycles. The maximum atomic E-state index is 12.7. The van der Waals surface area contributed by atoms with E-state index in [4.69, 9.17) is 4.74 Å². The molecule has 6 heteroatoms. The Morgan fingerprint density at radius 1 is 0.963 bits per heavy atom. The number of benzene rings is 2. The van der Waals surface area contributed by atoms with Crippen LogP contribution in [0, 0.1) is 12.3 Å². The molecular formula is C21H24N2O4. The fraction of sp³-hybridized carbons (Fsp3) is 0.286. The van der Waals surface area contributed by atoms with Crippen LogP contribution in [0.1, 0.15) is 36.7 Å². The number of carbonyl (C=O) groups is 3. The van der Waals surface area contributed by atoms with Crippen molar-refractivity contribution in [1.82, 2.24) is 0 Å². The molecule has 2 rings (SSSR count). The van der Waals surface area contributed by atoms with Gasteiger partial charge in [-0.2, -0.15) is 0 Å². The van der Waals surface area contributed by atoms with E-state index in [1.165, 1.54) is 27.9 Å². The van der Waals surface area contributed by atoms with Crippen LogP contribution in [0.4, 0.5) is 11.4 Å². The lowest BCUT2D eigenvalue weighted by atomic mass is 9.90. The van der Waals surface area contributed by atoms with Gasteiger partial charge in [-0.3, -0.25) is 14.4 Å². The molecular weight excluding hydrogens is 344 g/mol. The quantitative estimate of drug-likeness (QED) is 0.600. The number of nitrogens with one attached hydrogen (secondary N) is 2. The molecule has 27 heavy (non-hydrogen) atoms. The lowest BCUT2D eigenvalue weighted by Crippen LogP contribution is -2.41. The fourth-order valence-electron chi connectivity index (χ4n) is 2.40. The van der Waals surface area contributed by atoms with Gasteiger partial charge in [-0.05, 0) is 57.5 Å². The van der Waals surface area contributed by atoms with E-state index in [0.717, 1.165) is 5.56 Å². The summed E-state index contributed by atoms with van der Waals surface area (Å²) in [7, 11) is 1.51. The van der Waals surface area contributed by atoms with Crippen LogP contribution >= 0.6 is 0 Å². The Hall–Kier alpha value is -3.15. The highest BCUT2D eigenvalue weighted by atomic mass is 16.5. The van der Waals surface area contributed by atoms with Crippen LogP contribution in [0.2, 0.25) is 0 Å². The maximum Gasteiger partial charge on any atom is 0.239 e. The molecule has 2 aromatic carbocycles. The predicted octanol–water partition coefficient (Wildman–Crippen LogP) is 3.81. The molecule has 0 aliphatic rings. The first kappa shape index (κ1) is 20.2. The zero-order valence-corrected chi connectivity index (χ0v) is 16.2. The van der Waals surface area contributed by atoms with Crippen LogP contribution in [-0.4, -0.2) is 24.7 Å². The Morgan fingerprint density at radius 2 is 1.63 bits per heavy atom. The van der Waals surface area contributed by atoms with Crippen LogP contribution in [0.15, 0.2) is 42.5 Å². The molecule has 6 nitrogen and oxygen atoms in total. The number of ketones is 1. The van der Waals surface area contributed by atoms with Crippen LogP contribution in [0.25, 0.3) is 0 Å². The molecule has 0 radical (unpaired) electrons. The van der Waals surface area contributed by atoms with Crippen LogP contribution in [0.5, 0.6) is 5.75 Å². The van der Waals surface area contributed by atoms with Crippen molar-refractivity contribution in [3.63, 3.8) is 0 Å². The van der Waals surface area contributed by atoms with E-state index in [2.05, 4.69) is 10.6 Å². The molecule has 0 saturated carbocycles. The molecule has 2 amide bonds. The number of Topliss-reactive ketones (excluding diaryl/α,β-unsaturated/α-hetero) is 1. The first-order valence-electron chi connectivity index (χ1n) is 8.53. The first-order valence-corrected chi connectivity index (χ1v) is 8.53. The highest BCUT2D eigenvalue weighted by Gasteiger charge is 2.36. The number of amides is 2. The molecule has 0 heterocycles. The number of aryl methyl sites for hydroxylation is 1. The van der Waals surface area contributed by atoms with Gasteiger partial charge in [0.2, 0.25) is 11.8 Å². The molecule has 0 atom stereocenters. The van der Waals surface area contributed by atoms with E-state index >= 15 is 0 Å². The number of hydrogen-bond acceptors (Lipinski definition) is 4. The summed E-state index contributed by atoms with van der Waals surface area (Å²) in [5, 5.41) is 5.46. The lowest BCUT2D eigenvalue weighted by Gasteiger charge is -2.23. The van der Waals surface area contributed by atoms with Crippen molar-refractivity contribution in [2.75, 3.05) is 17.7 Å². The second kappa shape index (κ2) is 8.03. The van der Waals surface area contributed by atoms with E-state index in [1.807, 2.05) is 13.0 Å². The van der Waals surface area contributed by atoms with E-state index in [0.29, 0.717) is 22.7 Å². The molecule has 2 N–H and O–H groups in total.